The molecule has 1 fully saturated rings. The van der Waals surface area contributed by atoms with Crippen molar-refractivity contribution in [2.75, 3.05) is 18.8 Å². The molecule has 0 bridgehead atoms. The lowest BCUT2D eigenvalue weighted by Gasteiger charge is -2.31. The summed E-state index contributed by atoms with van der Waals surface area (Å²) in [5.41, 5.74) is 11.9. The van der Waals surface area contributed by atoms with E-state index in [-0.39, 0.29) is 17.7 Å². The molecule has 1 saturated heterocycles. The van der Waals surface area contributed by atoms with Gasteiger partial charge in [0.15, 0.2) is 0 Å². The first-order valence-electron chi connectivity index (χ1n) is 6.12. The number of amides is 2. The van der Waals surface area contributed by atoms with Gasteiger partial charge in [-0.15, -0.1) is 0 Å². The van der Waals surface area contributed by atoms with Crippen LogP contribution in [-0.2, 0) is 4.79 Å². The van der Waals surface area contributed by atoms with Crippen LogP contribution in [0.2, 0.25) is 5.02 Å². The van der Waals surface area contributed by atoms with Crippen LogP contribution in [0.4, 0.5) is 5.69 Å². The van der Waals surface area contributed by atoms with Crippen molar-refractivity contribution in [3.05, 3.63) is 28.8 Å². The highest BCUT2D eigenvalue weighted by Crippen LogP contribution is 2.23. The third-order valence-electron chi connectivity index (χ3n) is 3.35. The predicted octanol–water partition coefficient (Wildman–Crippen LogP) is 1.26. The van der Waals surface area contributed by atoms with E-state index in [1.165, 1.54) is 0 Å². The number of hydrogen-bond donors (Lipinski definition) is 2. The van der Waals surface area contributed by atoms with E-state index >= 15 is 0 Å². The summed E-state index contributed by atoms with van der Waals surface area (Å²) in [5, 5.41) is 0.489. The predicted molar refractivity (Wildman–Crippen MR) is 73.7 cm³/mol. The van der Waals surface area contributed by atoms with Crippen LogP contribution in [0.1, 0.15) is 23.2 Å². The van der Waals surface area contributed by atoms with E-state index in [1.54, 1.807) is 23.1 Å². The van der Waals surface area contributed by atoms with Crippen LogP contribution in [-0.4, -0.2) is 29.8 Å². The molecule has 1 atom stereocenters. The number of piperidine rings is 1. The normalized spacial score (nSPS) is 19.2. The van der Waals surface area contributed by atoms with Gasteiger partial charge in [-0.25, -0.2) is 0 Å². The van der Waals surface area contributed by atoms with E-state index in [2.05, 4.69) is 0 Å². The summed E-state index contributed by atoms with van der Waals surface area (Å²) in [7, 11) is 0. The fraction of sp³-hybridized carbons (Fsp3) is 0.385. The highest BCUT2D eigenvalue weighted by Gasteiger charge is 2.28. The number of nitrogens with two attached hydrogens (primary N) is 2. The molecule has 0 saturated carbocycles. The number of carbonyl (C=O) groups excluding carboxylic acids is 2. The molecular formula is C13H16ClN3O2. The summed E-state index contributed by atoms with van der Waals surface area (Å²) >= 11 is 5.81. The second-order valence-corrected chi connectivity index (χ2v) is 5.16. The molecule has 1 aliphatic rings. The molecule has 19 heavy (non-hydrogen) atoms. The molecule has 1 heterocycles. The number of nitrogens with zero attached hydrogens (tertiary/aromatic N) is 1. The number of primary amides is 1. The monoisotopic (exact) mass is 281 g/mol. The average Bonchev–Trinajstić information content (AvgIpc) is 2.38. The first-order valence-corrected chi connectivity index (χ1v) is 6.50. The largest absolute Gasteiger partial charge is 0.398 e. The summed E-state index contributed by atoms with van der Waals surface area (Å²) < 4.78 is 0. The summed E-state index contributed by atoms with van der Waals surface area (Å²) in [6, 6.07) is 4.78. The first kappa shape index (κ1) is 13.7. The molecule has 102 valence electrons. The zero-order chi connectivity index (χ0) is 14.0. The summed E-state index contributed by atoms with van der Waals surface area (Å²) in [4.78, 5) is 25.2. The smallest absolute Gasteiger partial charge is 0.255 e. The average molecular weight is 282 g/mol. The second kappa shape index (κ2) is 5.48. The Morgan fingerprint density at radius 3 is 2.74 bits per heavy atom. The first-order chi connectivity index (χ1) is 8.99. The standard InChI is InChI=1S/C13H16ClN3O2/c14-9-3-4-10(11(15)6-9)13(19)17-5-1-2-8(7-17)12(16)18/h3-4,6,8H,1-2,5,7,15H2,(H2,16,18). The van der Waals surface area contributed by atoms with Gasteiger partial charge in [-0.1, -0.05) is 11.6 Å². The summed E-state index contributed by atoms with van der Waals surface area (Å²) in [6.45, 7) is 0.973. The number of hydrogen-bond acceptors (Lipinski definition) is 3. The fourth-order valence-corrected chi connectivity index (χ4v) is 2.47. The number of carbonyl (C=O) groups is 2. The minimum Gasteiger partial charge on any atom is -0.398 e. The van der Waals surface area contributed by atoms with Gasteiger partial charge in [-0.3, -0.25) is 9.59 Å². The van der Waals surface area contributed by atoms with Crippen LogP contribution in [0.25, 0.3) is 0 Å². The Labute approximate surface area is 116 Å². The van der Waals surface area contributed by atoms with Crippen LogP contribution in [0, 0.1) is 5.92 Å². The van der Waals surface area contributed by atoms with Crippen molar-refractivity contribution < 1.29 is 9.59 Å². The third-order valence-corrected chi connectivity index (χ3v) is 3.59. The van der Waals surface area contributed by atoms with Gasteiger partial charge < -0.3 is 16.4 Å². The molecule has 1 aromatic carbocycles. The Kier molecular flexibility index (Phi) is 3.95. The molecule has 1 aromatic rings. The highest BCUT2D eigenvalue weighted by molar-refractivity contribution is 6.31. The molecule has 2 amide bonds. The topological polar surface area (TPSA) is 89.4 Å². The quantitative estimate of drug-likeness (QED) is 0.800. The lowest BCUT2D eigenvalue weighted by Crippen LogP contribution is -2.44. The maximum atomic E-state index is 12.4. The molecular weight excluding hydrogens is 266 g/mol. The van der Waals surface area contributed by atoms with Crippen molar-refractivity contribution in [2.45, 2.75) is 12.8 Å². The Hall–Kier alpha value is -1.75. The number of likely N-dealkylation sites (tertiary alicyclic amines) is 1. The minimum absolute atomic E-state index is 0.180. The van der Waals surface area contributed by atoms with Crippen LogP contribution in [0.3, 0.4) is 0 Å². The lowest BCUT2D eigenvalue weighted by molar-refractivity contribution is -0.123. The highest BCUT2D eigenvalue weighted by atomic mass is 35.5. The Morgan fingerprint density at radius 1 is 1.37 bits per heavy atom. The number of nitrogen functional groups attached to an aromatic ring is 1. The number of anilines is 1. The van der Waals surface area contributed by atoms with Crippen molar-refractivity contribution >= 4 is 29.1 Å². The number of benzene rings is 1. The van der Waals surface area contributed by atoms with Crippen molar-refractivity contribution in [3.63, 3.8) is 0 Å². The van der Waals surface area contributed by atoms with Crippen molar-refractivity contribution in [1.82, 2.24) is 4.90 Å². The molecule has 0 aliphatic carbocycles. The van der Waals surface area contributed by atoms with Crippen LogP contribution < -0.4 is 11.5 Å². The molecule has 6 heteroatoms. The maximum Gasteiger partial charge on any atom is 0.255 e. The second-order valence-electron chi connectivity index (χ2n) is 4.72. The van der Waals surface area contributed by atoms with Gasteiger partial charge in [0, 0.05) is 23.8 Å². The molecule has 1 aliphatic heterocycles. The zero-order valence-corrected chi connectivity index (χ0v) is 11.2. The van der Waals surface area contributed by atoms with Crippen molar-refractivity contribution in [2.24, 2.45) is 11.7 Å². The van der Waals surface area contributed by atoms with Gasteiger partial charge in [-0.2, -0.15) is 0 Å². The molecule has 1 unspecified atom stereocenters. The SMILES string of the molecule is NC(=O)C1CCCN(C(=O)c2ccc(Cl)cc2N)C1. The molecule has 0 spiro atoms. The number of halogens is 1. The number of rotatable bonds is 2. The van der Waals surface area contributed by atoms with E-state index < -0.39 is 0 Å². The molecule has 0 radical (unpaired) electrons. The van der Waals surface area contributed by atoms with Crippen molar-refractivity contribution in [3.8, 4) is 0 Å². The van der Waals surface area contributed by atoms with Gasteiger partial charge in [-0.05, 0) is 31.0 Å². The van der Waals surface area contributed by atoms with Gasteiger partial charge in [0.05, 0.1) is 11.5 Å². The zero-order valence-electron chi connectivity index (χ0n) is 10.4. The van der Waals surface area contributed by atoms with E-state index in [4.69, 9.17) is 23.1 Å². The third kappa shape index (κ3) is 2.98. The van der Waals surface area contributed by atoms with E-state index in [0.29, 0.717) is 29.4 Å². The van der Waals surface area contributed by atoms with Gasteiger partial charge in [0.25, 0.3) is 5.91 Å². The minimum atomic E-state index is -0.360. The van der Waals surface area contributed by atoms with E-state index in [0.717, 1.165) is 12.8 Å². The van der Waals surface area contributed by atoms with Crippen LogP contribution >= 0.6 is 11.6 Å². The summed E-state index contributed by atoms with van der Waals surface area (Å²) in [6.07, 6.45) is 1.50. The molecule has 2 rings (SSSR count). The molecule has 4 N–H and O–H groups in total. The Balaban J connectivity index is 2.17. The van der Waals surface area contributed by atoms with Crippen LogP contribution in [0.5, 0.6) is 0 Å². The lowest BCUT2D eigenvalue weighted by atomic mass is 9.96. The van der Waals surface area contributed by atoms with Gasteiger partial charge in [0.1, 0.15) is 0 Å². The van der Waals surface area contributed by atoms with Gasteiger partial charge in [0.2, 0.25) is 5.91 Å². The van der Waals surface area contributed by atoms with Gasteiger partial charge >= 0.3 is 0 Å². The molecule has 5 nitrogen and oxygen atoms in total. The van der Waals surface area contributed by atoms with Crippen molar-refractivity contribution in [1.29, 1.82) is 0 Å². The van der Waals surface area contributed by atoms with Crippen LogP contribution in [0.15, 0.2) is 18.2 Å². The van der Waals surface area contributed by atoms with E-state index in [9.17, 15) is 9.59 Å². The molecule has 0 aromatic heterocycles. The maximum absolute atomic E-state index is 12.4. The van der Waals surface area contributed by atoms with E-state index in [1.807, 2.05) is 0 Å². The fourth-order valence-electron chi connectivity index (χ4n) is 2.29. The Morgan fingerprint density at radius 2 is 2.11 bits per heavy atom. The Bertz CT molecular complexity index is 519. The summed E-state index contributed by atoms with van der Waals surface area (Å²) in [5.74, 6) is -0.812.